The largest absolute Gasteiger partial charge is 0.330 e. The molecular formula is C10H18N4O. The number of nitrogens with two attached hydrogens (primary N) is 1. The first-order chi connectivity index (χ1) is 7.15. The lowest BCUT2D eigenvalue weighted by molar-refractivity contribution is -0.119. The Bertz CT molecular complexity index is 321. The quantitative estimate of drug-likeness (QED) is 0.752. The molecule has 0 fully saturated rings. The van der Waals surface area contributed by atoms with Gasteiger partial charge in [-0.25, -0.2) is 0 Å². The topological polar surface area (TPSA) is 72.9 Å². The summed E-state index contributed by atoms with van der Waals surface area (Å²) in [5, 5.41) is 6.79. The summed E-state index contributed by atoms with van der Waals surface area (Å²) in [6, 6.07) is 1.77. The van der Waals surface area contributed by atoms with Gasteiger partial charge in [0.25, 0.3) is 0 Å². The second kappa shape index (κ2) is 5.50. The van der Waals surface area contributed by atoms with Crippen molar-refractivity contribution in [1.82, 2.24) is 9.78 Å². The molecule has 1 rings (SSSR count). The molecule has 0 saturated carbocycles. The monoisotopic (exact) mass is 210 g/mol. The molecule has 0 saturated heterocycles. The minimum Gasteiger partial charge on any atom is -0.330 e. The average molecular weight is 210 g/mol. The van der Waals surface area contributed by atoms with Gasteiger partial charge in [-0.1, -0.05) is 6.92 Å². The Hall–Kier alpha value is -1.36. The minimum absolute atomic E-state index is 0.0107. The van der Waals surface area contributed by atoms with E-state index in [1.165, 1.54) is 0 Å². The molecule has 0 spiro atoms. The first kappa shape index (κ1) is 11.7. The van der Waals surface area contributed by atoms with Crippen LogP contribution >= 0.6 is 0 Å². The molecule has 1 aromatic rings. The Balaban J connectivity index is 2.45. The van der Waals surface area contributed by atoms with Crippen LogP contribution in [-0.2, 0) is 11.8 Å². The molecule has 15 heavy (non-hydrogen) atoms. The number of aryl methyl sites for hydroxylation is 1. The summed E-state index contributed by atoms with van der Waals surface area (Å²) in [5.41, 5.74) is 5.39. The molecule has 1 unspecified atom stereocenters. The lowest BCUT2D eigenvalue weighted by atomic mass is 10.1. The van der Waals surface area contributed by atoms with E-state index >= 15 is 0 Å². The Kier molecular flexibility index (Phi) is 4.30. The van der Waals surface area contributed by atoms with E-state index in [1.54, 1.807) is 24.0 Å². The van der Waals surface area contributed by atoms with Crippen molar-refractivity contribution in [2.75, 3.05) is 11.9 Å². The zero-order chi connectivity index (χ0) is 11.3. The van der Waals surface area contributed by atoms with Crippen LogP contribution in [-0.4, -0.2) is 22.2 Å². The molecule has 1 heterocycles. The zero-order valence-electron chi connectivity index (χ0n) is 9.23. The van der Waals surface area contributed by atoms with Gasteiger partial charge >= 0.3 is 0 Å². The van der Waals surface area contributed by atoms with Crippen LogP contribution in [0.5, 0.6) is 0 Å². The minimum atomic E-state index is -0.0107. The predicted molar refractivity (Wildman–Crippen MR) is 59.3 cm³/mol. The summed E-state index contributed by atoms with van der Waals surface area (Å²) in [7, 11) is 1.79. The zero-order valence-corrected chi connectivity index (χ0v) is 9.23. The number of nitrogens with one attached hydrogen (secondary N) is 1. The molecule has 5 heteroatoms. The predicted octanol–water partition coefficient (Wildman–Crippen LogP) is 0.734. The van der Waals surface area contributed by atoms with Crippen LogP contribution in [0, 0.1) is 5.92 Å². The van der Waals surface area contributed by atoms with Gasteiger partial charge in [0, 0.05) is 19.0 Å². The van der Waals surface area contributed by atoms with Gasteiger partial charge < -0.3 is 11.1 Å². The van der Waals surface area contributed by atoms with Crippen molar-refractivity contribution in [2.24, 2.45) is 18.7 Å². The summed E-state index contributed by atoms with van der Waals surface area (Å²) in [5.74, 6) is 0.732. The number of carbonyl (C=O) groups is 1. The lowest BCUT2D eigenvalue weighted by Crippen LogP contribution is -2.22. The van der Waals surface area contributed by atoms with Crippen LogP contribution in [0.1, 0.15) is 19.8 Å². The van der Waals surface area contributed by atoms with E-state index in [0.717, 1.165) is 18.7 Å². The Labute approximate surface area is 89.6 Å². The molecule has 3 N–H and O–H groups in total. The number of amides is 1. The molecule has 1 atom stereocenters. The van der Waals surface area contributed by atoms with Gasteiger partial charge in [-0.3, -0.25) is 9.48 Å². The van der Waals surface area contributed by atoms with Crippen LogP contribution in [0.4, 0.5) is 5.82 Å². The van der Waals surface area contributed by atoms with Gasteiger partial charge in [-0.05, 0) is 19.4 Å². The summed E-state index contributed by atoms with van der Waals surface area (Å²) >= 11 is 0. The number of hydrogen-bond donors (Lipinski definition) is 2. The summed E-state index contributed by atoms with van der Waals surface area (Å²) in [6.07, 6.45) is 3.35. The fourth-order valence-corrected chi connectivity index (χ4v) is 1.30. The number of nitrogens with zero attached hydrogens (tertiary/aromatic N) is 2. The van der Waals surface area contributed by atoms with Crippen LogP contribution in [0.15, 0.2) is 12.3 Å². The molecule has 0 aliphatic carbocycles. The molecule has 1 aromatic heterocycles. The second-order valence-corrected chi connectivity index (χ2v) is 3.66. The lowest BCUT2D eigenvalue weighted by Gasteiger charge is -2.11. The van der Waals surface area contributed by atoms with E-state index in [1.807, 2.05) is 6.92 Å². The van der Waals surface area contributed by atoms with E-state index in [9.17, 15) is 4.79 Å². The number of hydrogen-bond acceptors (Lipinski definition) is 3. The van der Waals surface area contributed by atoms with Crippen molar-refractivity contribution in [1.29, 1.82) is 0 Å². The highest BCUT2D eigenvalue weighted by Crippen LogP contribution is 2.10. The fourth-order valence-electron chi connectivity index (χ4n) is 1.30. The smallest absolute Gasteiger partial charge is 0.228 e. The molecule has 84 valence electrons. The maximum absolute atomic E-state index is 11.7. The van der Waals surface area contributed by atoms with Gasteiger partial charge in [0.2, 0.25) is 5.91 Å². The van der Waals surface area contributed by atoms with Crippen LogP contribution in [0.3, 0.4) is 0 Å². The summed E-state index contributed by atoms with van der Waals surface area (Å²) < 4.78 is 1.63. The summed E-state index contributed by atoms with van der Waals surface area (Å²) in [4.78, 5) is 11.7. The van der Waals surface area contributed by atoms with Crippen LogP contribution in [0.2, 0.25) is 0 Å². The van der Waals surface area contributed by atoms with Gasteiger partial charge in [-0.15, -0.1) is 0 Å². The van der Waals surface area contributed by atoms with Crippen molar-refractivity contribution in [3.05, 3.63) is 12.3 Å². The number of anilines is 1. The molecule has 0 bridgehead atoms. The average Bonchev–Trinajstić information content (AvgIpc) is 2.61. The number of carbonyl (C=O) groups excluding carboxylic acids is 1. The Morgan fingerprint density at radius 2 is 2.47 bits per heavy atom. The highest BCUT2D eigenvalue weighted by molar-refractivity contribution is 5.91. The van der Waals surface area contributed by atoms with Crippen molar-refractivity contribution >= 4 is 11.7 Å². The molecule has 0 aliphatic rings. The van der Waals surface area contributed by atoms with Gasteiger partial charge in [-0.2, -0.15) is 5.10 Å². The molecule has 0 radical (unpaired) electrons. The first-order valence-corrected chi connectivity index (χ1v) is 5.14. The standard InChI is InChI=1S/C10H18N4O/c1-8(4-3-6-11)10(15)13-9-5-7-12-14(9)2/h5,7-8H,3-4,6,11H2,1-2H3,(H,13,15). The van der Waals surface area contributed by atoms with E-state index in [-0.39, 0.29) is 11.8 Å². The molecule has 5 nitrogen and oxygen atoms in total. The van der Waals surface area contributed by atoms with Crippen LogP contribution in [0.25, 0.3) is 0 Å². The molecule has 0 aliphatic heterocycles. The second-order valence-electron chi connectivity index (χ2n) is 3.66. The van der Waals surface area contributed by atoms with Gasteiger partial charge in [0.05, 0.1) is 6.20 Å². The SMILES string of the molecule is CC(CCCN)C(=O)Nc1ccnn1C. The van der Waals surface area contributed by atoms with Crippen molar-refractivity contribution in [3.8, 4) is 0 Å². The Morgan fingerprint density at radius 3 is 3.00 bits per heavy atom. The first-order valence-electron chi connectivity index (χ1n) is 5.14. The third-order valence-electron chi connectivity index (χ3n) is 2.36. The molecule has 1 amide bonds. The molecule has 0 aromatic carbocycles. The van der Waals surface area contributed by atoms with E-state index in [2.05, 4.69) is 10.4 Å². The number of aromatic nitrogens is 2. The maximum atomic E-state index is 11.7. The van der Waals surface area contributed by atoms with Gasteiger partial charge in [0.15, 0.2) is 0 Å². The Morgan fingerprint density at radius 1 is 1.73 bits per heavy atom. The van der Waals surface area contributed by atoms with Crippen molar-refractivity contribution in [2.45, 2.75) is 19.8 Å². The highest BCUT2D eigenvalue weighted by Gasteiger charge is 2.13. The molecular weight excluding hydrogens is 192 g/mol. The van der Waals surface area contributed by atoms with Gasteiger partial charge in [0.1, 0.15) is 5.82 Å². The fraction of sp³-hybridized carbons (Fsp3) is 0.600. The van der Waals surface area contributed by atoms with E-state index < -0.39 is 0 Å². The summed E-state index contributed by atoms with van der Waals surface area (Å²) in [6.45, 7) is 2.53. The normalized spacial score (nSPS) is 12.5. The third-order valence-corrected chi connectivity index (χ3v) is 2.36. The van der Waals surface area contributed by atoms with Crippen molar-refractivity contribution < 1.29 is 4.79 Å². The van der Waals surface area contributed by atoms with Crippen LogP contribution < -0.4 is 11.1 Å². The van der Waals surface area contributed by atoms with E-state index in [0.29, 0.717) is 6.54 Å². The van der Waals surface area contributed by atoms with Crippen molar-refractivity contribution in [3.63, 3.8) is 0 Å². The third kappa shape index (κ3) is 3.36. The highest BCUT2D eigenvalue weighted by atomic mass is 16.1. The maximum Gasteiger partial charge on any atom is 0.228 e. The number of rotatable bonds is 5. The van der Waals surface area contributed by atoms with E-state index in [4.69, 9.17) is 5.73 Å².